The Hall–Kier alpha value is -2.26. The fourth-order valence-electron chi connectivity index (χ4n) is 2.11. The number of benzene rings is 1. The highest BCUT2D eigenvalue weighted by atomic mass is 32.2. The molecule has 0 saturated heterocycles. The van der Waals surface area contributed by atoms with E-state index in [1.54, 1.807) is 13.8 Å². The molecule has 1 atom stereocenters. The van der Waals surface area contributed by atoms with Crippen LogP contribution in [0.1, 0.15) is 20.3 Å². The second-order valence-electron chi connectivity index (χ2n) is 5.57. The number of carbonyl (C=O) groups is 1. The fourth-order valence-corrected chi connectivity index (χ4v) is 3.33. The van der Waals surface area contributed by atoms with Crippen LogP contribution < -0.4 is 10.3 Å². The summed E-state index contributed by atoms with van der Waals surface area (Å²) in [4.78, 5) is 28.7. The predicted molar refractivity (Wildman–Crippen MR) is 83.6 cm³/mol. The molecule has 1 aromatic heterocycles. The molecule has 0 fully saturated rings. The molecular weight excluding hydrogens is 322 g/mol. The minimum Gasteiger partial charge on any atom is -0.480 e. The molecule has 0 amide bonds. The van der Waals surface area contributed by atoms with Crippen molar-refractivity contribution in [2.45, 2.75) is 31.2 Å². The van der Waals surface area contributed by atoms with Gasteiger partial charge in [-0.3, -0.25) is 9.59 Å². The lowest BCUT2D eigenvalue weighted by molar-refractivity contribution is -0.139. The lowest BCUT2D eigenvalue weighted by atomic mass is 10.1. The fraction of sp³-hybridized carbons (Fsp3) is 0.357. The number of H-pyrrole nitrogens is 1. The van der Waals surface area contributed by atoms with Crippen molar-refractivity contribution >= 4 is 27.0 Å². The molecule has 0 aliphatic rings. The predicted octanol–water partition coefficient (Wildman–Crippen LogP) is 0.701. The van der Waals surface area contributed by atoms with E-state index in [-0.39, 0.29) is 17.2 Å². The van der Waals surface area contributed by atoms with E-state index < -0.39 is 27.6 Å². The number of carboxylic acids is 1. The molecule has 0 aliphatic carbocycles. The SMILES string of the molecule is CC(C)C[C@H](NS(=O)(=O)c1ccc2[nH]c(=O)cnc2c1)C(=O)O. The van der Waals surface area contributed by atoms with Crippen molar-refractivity contribution in [2.24, 2.45) is 5.92 Å². The maximum absolute atomic E-state index is 12.4. The number of carboxylic acid groups (broad SMARTS) is 1. The molecule has 1 heterocycles. The number of aromatic nitrogens is 2. The Labute approximate surface area is 132 Å². The summed E-state index contributed by atoms with van der Waals surface area (Å²) in [5.41, 5.74) is 0.297. The summed E-state index contributed by atoms with van der Waals surface area (Å²) in [6.45, 7) is 3.61. The van der Waals surface area contributed by atoms with E-state index in [0.717, 1.165) is 6.20 Å². The molecule has 9 heteroatoms. The molecule has 0 aliphatic heterocycles. The van der Waals surface area contributed by atoms with E-state index >= 15 is 0 Å². The van der Waals surface area contributed by atoms with Gasteiger partial charge in [0.1, 0.15) is 6.04 Å². The first-order chi connectivity index (χ1) is 10.7. The zero-order chi connectivity index (χ0) is 17.2. The number of hydrogen-bond acceptors (Lipinski definition) is 5. The number of hydrogen-bond donors (Lipinski definition) is 3. The maximum Gasteiger partial charge on any atom is 0.321 e. The van der Waals surface area contributed by atoms with Gasteiger partial charge < -0.3 is 10.1 Å². The first kappa shape index (κ1) is 17.1. The summed E-state index contributed by atoms with van der Waals surface area (Å²) in [6.07, 6.45) is 1.22. The van der Waals surface area contributed by atoms with Gasteiger partial charge in [0.2, 0.25) is 10.0 Å². The highest BCUT2D eigenvalue weighted by Gasteiger charge is 2.26. The summed E-state index contributed by atoms with van der Waals surface area (Å²) >= 11 is 0. The first-order valence-corrected chi connectivity index (χ1v) is 8.41. The Bertz CT molecular complexity index is 889. The van der Waals surface area contributed by atoms with E-state index in [2.05, 4.69) is 14.7 Å². The van der Waals surface area contributed by atoms with Gasteiger partial charge in [0.05, 0.1) is 22.1 Å². The van der Waals surface area contributed by atoms with Gasteiger partial charge in [-0.15, -0.1) is 0 Å². The Morgan fingerprint density at radius 1 is 1.39 bits per heavy atom. The summed E-state index contributed by atoms with van der Waals surface area (Å²) in [5, 5.41) is 9.16. The third-order valence-electron chi connectivity index (χ3n) is 3.16. The average Bonchev–Trinajstić information content (AvgIpc) is 2.45. The normalized spacial score (nSPS) is 13.3. The second kappa shape index (κ2) is 6.47. The third kappa shape index (κ3) is 4.14. The summed E-state index contributed by atoms with van der Waals surface area (Å²) in [5.74, 6) is -1.22. The molecular formula is C14H17N3O5S. The van der Waals surface area contributed by atoms with Crippen molar-refractivity contribution in [1.82, 2.24) is 14.7 Å². The van der Waals surface area contributed by atoms with E-state index in [1.165, 1.54) is 18.2 Å². The van der Waals surface area contributed by atoms with Gasteiger partial charge in [0.15, 0.2) is 0 Å². The molecule has 0 radical (unpaired) electrons. The molecule has 0 unspecified atom stereocenters. The number of fused-ring (bicyclic) bond motifs is 1. The highest BCUT2D eigenvalue weighted by Crippen LogP contribution is 2.16. The Balaban J connectivity index is 2.36. The van der Waals surface area contributed by atoms with Crippen LogP contribution in [0.15, 0.2) is 34.1 Å². The molecule has 0 bridgehead atoms. The number of nitrogens with one attached hydrogen (secondary N) is 2. The Kier molecular flexibility index (Phi) is 4.81. The van der Waals surface area contributed by atoms with E-state index in [9.17, 15) is 18.0 Å². The van der Waals surface area contributed by atoms with E-state index in [0.29, 0.717) is 11.0 Å². The molecule has 124 valence electrons. The van der Waals surface area contributed by atoms with Crippen LogP contribution in [0.4, 0.5) is 0 Å². The standard InChI is InChI=1S/C14H17N3O5S/c1-8(2)5-12(14(19)20)17-23(21,22)9-3-4-10-11(6-9)15-7-13(18)16-10/h3-4,6-8,12,17H,5H2,1-2H3,(H,16,18)(H,19,20)/t12-/m0/s1. The number of aromatic amines is 1. The average molecular weight is 339 g/mol. The molecule has 0 spiro atoms. The molecule has 2 aromatic rings. The monoisotopic (exact) mass is 339 g/mol. The number of nitrogens with zero attached hydrogens (tertiary/aromatic N) is 1. The van der Waals surface area contributed by atoms with E-state index in [1.807, 2.05) is 0 Å². The van der Waals surface area contributed by atoms with Crippen molar-refractivity contribution in [1.29, 1.82) is 0 Å². The van der Waals surface area contributed by atoms with Gasteiger partial charge in [-0.1, -0.05) is 13.8 Å². The molecule has 1 aromatic carbocycles. The van der Waals surface area contributed by atoms with Crippen LogP contribution in [0, 0.1) is 5.92 Å². The van der Waals surface area contributed by atoms with Crippen LogP contribution in [0.5, 0.6) is 0 Å². The van der Waals surface area contributed by atoms with Crippen LogP contribution in [-0.2, 0) is 14.8 Å². The minimum absolute atomic E-state index is 0.0159. The van der Waals surface area contributed by atoms with Crippen LogP contribution in [0.3, 0.4) is 0 Å². The highest BCUT2D eigenvalue weighted by molar-refractivity contribution is 7.89. The van der Waals surface area contributed by atoms with Crippen LogP contribution in [-0.4, -0.2) is 35.5 Å². The number of sulfonamides is 1. The van der Waals surface area contributed by atoms with Crippen LogP contribution in [0.25, 0.3) is 11.0 Å². The summed E-state index contributed by atoms with van der Waals surface area (Å²) < 4.78 is 26.9. The van der Waals surface area contributed by atoms with Crippen molar-refractivity contribution in [2.75, 3.05) is 0 Å². The lowest BCUT2D eigenvalue weighted by Crippen LogP contribution is -2.41. The summed E-state index contributed by atoms with van der Waals surface area (Å²) in [7, 11) is -4.01. The van der Waals surface area contributed by atoms with Gasteiger partial charge in [-0.05, 0) is 30.5 Å². The molecule has 8 nitrogen and oxygen atoms in total. The molecule has 0 saturated carbocycles. The van der Waals surface area contributed by atoms with Gasteiger partial charge in [-0.2, -0.15) is 4.72 Å². The number of aliphatic carboxylic acids is 1. The quantitative estimate of drug-likeness (QED) is 0.710. The zero-order valence-electron chi connectivity index (χ0n) is 12.6. The Morgan fingerprint density at radius 3 is 2.70 bits per heavy atom. The van der Waals surface area contributed by atoms with Crippen molar-refractivity contribution in [3.05, 3.63) is 34.7 Å². The van der Waals surface area contributed by atoms with E-state index in [4.69, 9.17) is 5.11 Å². The minimum atomic E-state index is -4.01. The van der Waals surface area contributed by atoms with Crippen LogP contribution >= 0.6 is 0 Å². The zero-order valence-corrected chi connectivity index (χ0v) is 13.4. The smallest absolute Gasteiger partial charge is 0.321 e. The van der Waals surface area contributed by atoms with Gasteiger partial charge in [0, 0.05) is 0 Å². The summed E-state index contributed by atoms with van der Waals surface area (Å²) in [6, 6.07) is 2.77. The second-order valence-corrected chi connectivity index (χ2v) is 7.28. The van der Waals surface area contributed by atoms with Gasteiger partial charge in [-0.25, -0.2) is 13.4 Å². The molecule has 2 rings (SSSR count). The van der Waals surface area contributed by atoms with Crippen molar-refractivity contribution < 1.29 is 18.3 Å². The third-order valence-corrected chi connectivity index (χ3v) is 4.63. The van der Waals surface area contributed by atoms with Gasteiger partial charge in [0.25, 0.3) is 5.56 Å². The number of rotatable bonds is 6. The first-order valence-electron chi connectivity index (χ1n) is 6.93. The van der Waals surface area contributed by atoms with Crippen LogP contribution in [0.2, 0.25) is 0 Å². The van der Waals surface area contributed by atoms with Crippen molar-refractivity contribution in [3.63, 3.8) is 0 Å². The van der Waals surface area contributed by atoms with Gasteiger partial charge >= 0.3 is 5.97 Å². The maximum atomic E-state index is 12.4. The largest absolute Gasteiger partial charge is 0.480 e. The Morgan fingerprint density at radius 2 is 2.09 bits per heavy atom. The lowest BCUT2D eigenvalue weighted by Gasteiger charge is -2.16. The topological polar surface area (TPSA) is 129 Å². The molecule has 3 N–H and O–H groups in total. The molecule has 23 heavy (non-hydrogen) atoms. The van der Waals surface area contributed by atoms with Crippen molar-refractivity contribution in [3.8, 4) is 0 Å².